The highest BCUT2D eigenvalue weighted by Crippen LogP contribution is 2.17. The van der Waals surface area contributed by atoms with Crippen LogP contribution in [0.3, 0.4) is 0 Å². The standard InChI is InChI=1S/C12H10.C7H8O/c1-3-7-11(8-4-1)12-9-5-2-6-10-12;1-6-2-4-7(8)5-3-6/h1-10H;2-5,8H,1H3. The van der Waals surface area contributed by atoms with Crippen LogP contribution in [0.2, 0.25) is 0 Å². The minimum absolute atomic E-state index is 0.329. The van der Waals surface area contributed by atoms with Crippen molar-refractivity contribution in [2.45, 2.75) is 6.92 Å². The molecular formula is C19H18O. The van der Waals surface area contributed by atoms with E-state index >= 15 is 0 Å². The summed E-state index contributed by atoms with van der Waals surface area (Å²) in [5.41, 5.74) is 3.72. The molecular weight excluding hydrogens is 244 g/mol. The molecule has 0 heterocycles. The van der Waals surface area contributed by atoms with Crippen molar-refractivity contribution in [3.05, 3.63) is 90.5 Å². The van der Waals surface area contributed by atoms with Crippen LogP contribution in [0.1, 0.15) is 5.56 Å². The summed E-state index contributed by atoms with van der Waals surface area (Å²) in [7, 11) is 0. The van der Waals surface area contributed by atoms with Crippen LogP contribution in [0.15, 0.2) is 84.9 Å². The van der Waals surface area contributed by atoms with Crippen molar-refractivity contribution in [1.82, 2.24) is 0 Å². The van der Waals surface area contributed by atoms with E-state index in [-0.39, 0.29) is 0 Å². The highest BCUT2D eigenvalue weighted by molar-refractivity contribution is 5.62. The van der Waals surface area contributed by atoms with Gasteiger partial charge >= 0.3 is 0 Å². The Morgan fingerprint density at radius 1 is 0.550 bits per heavy atom. The van der Waals surface area contributed by atoms with Gasteiger partial charge < -0.3 is 5.11 Å². The van der Waals surface area contributed by atoms with Gasteiger partial charge in [-0.05, 0) is 30.2 Å². The second-order valence-electron chi connectivity index (χ2n) is 4.57. The van der Waals surface area contributed by atoms with E-state index in [9.17, 15) is 0 Å². The lowest BCUT2D eigenvalue weighted by atomic mass is 10.1. The van der Waals surface area contributed by atoms with Gasteiger partial charge in [-0.2, -0.15) is 0 Å². The molecule has 0 amide bonds. The van der Waals surface area contributed by atoms with Gasteiger partial charge in [-0.1, -0.05) is 78.4 Å². The molecule has 1 N–H and O–H groups in total. The van der Waals surface area contributed by atoms with Gasteiger partial charge in [0.15, 0.2) is 0 Å². The maximum absolute atomic E-state index is 8.76. The molecule has 0 aromatic heterocycles. The Labute approximate surface area is 120 Å². The van der Waals surface area contributed by atoms with Gasteiger partial charge in [0.25, 0.3) is 0 Å². The summed E-state index contributed by atoms with van der Waals surface area (Å²) in [5, 5.41) is 8.76. The number of aryl methyl sites for hydroxylation is 1. The van der Waals surface area contributed by atoms with Crippen LogP contribution in [0, 0.1) is 6.92 Å². The summed E-state index contributed by atoms with van der Waals surface area (Å²) in [5.74, 6) is 0.329. The van der Waals surface area contributed by atoms with Crippen molar-refractivity contribution in [1.29, 1.82) is 0 Å². The molecule has 0 saturated heterocycles. The van der Waals surface area contributed by atoms with Crippen molar-refractivity contribution in [2.24, 2.45) is 0 Å². The minimum atomic E-state index is 0.329. The molecule has 0 saturated carbocycles. The normalized spacial score (nSPS) is 9.45. The molecule has 0 spiro atoms. The third kappa shape index (κ3) is 4.29. The Balaban J connectivity index is 0.000000160. The van der Waals surface area contributed by atoms with Gasteiger partial charge in [0.1, 0.15) is 5.75 Å². The molecule has 1 nitrogen and oxygen atoms in total. The highest BCUT2D eigenvalue weighted by atomic mass is 16.3. The number of hydrogen-bond acceptors (Lipinski definition) is 1. The Kier molecular flexibility index (Phi) is 4.96. The van der Waals surface area contributed by atoms with Crippen LogP contribution in [0.25, 0.3) is 11.1 Å². The van der Waals surface area contributed by atoms with Gasteiger partial charge in [0.2, 0.25) is 0 Å². The fourth-order valence-corrected chi connectivity index (χ4v) is 1.81. The van der Waals surface area contributed by atoms with Gasteiger partial charge in [0, 0.05) is 0 Å². The predicted octanol–water partition coefficient (Wildman–Crippen LogP) is 5.05. The number of benzene rings is 3. The predicted molar refractivity (Wildman–Crippen MR) is 84.7 cm³/mol. The van der Waals surface area contributed by atoms with Crippen LogP contribution in [-0.4, -0.2) is 5.11 Å². The Bertz CT molecular complexity index is 554. The first-order chi connectivity index (χ1) is 9.75. The fourth-order valence-electron chi connectivity index (χ4n) is 1.81. The van der Waals surface area contributed by atoms with Gasteiger partial charge in [-0.15, -0.1) is 0 Å². The van der Waals surface area contributed by atoms with Crippen molar-refractivity contribution in [2.75, 3.05) is 0 Å². The molecule has 100 valence electrons. The van der Waals surface area contributed by atoms with Crippen LogP contribution in [0.4, 0.5) is 0 Å². The smallest absolute Gasteiger partial charge is 0.115 e. The number of phenolic OH excluding ortho intramolecular Hbond substituents is 1. The van der Waals surface area contributed by atoms with E-state index in [1.165, 1.54) is 16.7 Å². The molecule has 0 aliphatic heterocycles. The SMILES string of the molecule is Cc1ccc(O)cc1.c1ccc(-c2ccccc2)cc1. The van der Waals surface area contributed by atoms with Crippen molar-refractivity contribution < 1.29 is 5.11 Å². The molecule has 0 atom stereocenters. The van der Waals surface area contributed by atoms with E-state index in [1.807, 2.05) is 31.2 Å². The summed E-state index contributed by atoms with van der Waals surface area (Å²) >= 11 is 0. The zero-order valence-corrected chi connectivity index (χ0v) is 11.5. The second kappa shape index (κ2) is 7.15. The van der Waals surface area contributed by atoms with Crippen LogP contribution in [-0.2, 0) is 0 Å². The third-order valence-electron chi connectivity index (χ3n) is 2.91. The molecule has 0 aliphatic carbocycles. The van der Waals surface area contributed by atoms with Crippen molar-refractivity contribution >= 4 is 0 Å². The van der Waals surface area contributed by atoms with Gasteiger partial charge in [-0.3, -0.25) is 0 Å². The Morgan fingerprint density at radius 2 is 0.950 bits per heavy atom. The first-order valence-corrected chi connectivity index (χ1v) is 6.62. The molecule has 20 heavy (non-hydrogen) atoms. The number of aromatic hydroxyl groups is 1. The summed E-state index contributed by atoms with van der Waals surface area (Å²) in [6.07, 6.45) is 0. The molecule has 3 rings (SSSR count). The lowest BCUT2D eigenvalue weighted by Crippen LogP contribution is -1.73. The first kappa shape index (κ1) is 13.9. The molecule has 3 aromatic carbocycles. The second-order valence-corrected chi connectivity index (χ2v) is 4.57. The van der Waals surface area contributed by atoms with Crippen LogP contribution >= 0.6 is 0 Å². The molecule has 0 aliphatic rings. The molecule has 3 aromatic rings. The van der Waals surface area contributed by atoms with Gasteiger partial charge in [-0.25, -0.2) is 0 Å². The number of rotatable bonds is 1. The quantitative estimate of drug-likeness (QED) is 0.650. The third-order valence-corrected chi connectivity index (χ3v) is 2.91. The molecule has 1 heteroatoms. The zero-order valence-electron chi connectivity index (χ0n) is 11.5. The summed E-state index contributed by atoms with van der Waals surface area (Å²) in [6, 6.07) is 27.9. The lowest BCUT2D eigenvalue weighted by Gasteiger charge is -1.98. The van der Waals surface area contributed by atoms with E-state index in [4.69, 9.17) is 5.11 Å². The first-order valence-electron chi connectivity index (χ1n) is 6.62. The summed E-state index contributed by atoms with van der Waals surface area (Å²) < 4.78 is 0. The van der Waals surface area contributed by atoms with E-state index in [0.717, 1.165) is 0 Å². The molecule has 0 radical (unpaired) electrons. The Morgan fingerprint density at radius 3 is 1.30 bits per heavy atom. The Hall–Kier alpha value is -2.54. The molecule has 0 fully saturated rings. The van der Waals surface area contributed by atoms with E-state index < -0.39 is 0 Å². The molecule has 0 unspecified atom stereocenters. The summed E-state index contributed by atoms with van der Waals surface area (Å²) in [4.78, 5) is 0. The monoisotopic (exact) mass is 262 g/mol. The number of phenols is 1. The minimum Gasteiger partial charge on any atom is -0.508 e. The topological polar surface area (TPSA) is 20.2 Å². The maximum Gasteiger partial charge on any atom is 0.115 e. The summed E-state index contributed by atoms with van der Waals surface area (Å²) in [6.45, 7) is 1.99. The maximum atomic E-state index is 8.76. The largest absolute Gasteiger partial charge is 0.508 e. The highest BCUT2D eigenvalue weighted by Gasteiger charge is 1.91. The van der Waals surface area contributed by atoms with Gasteiger partial charge in [0.05, 0.1) is 0 Å². The average Bonchev–Trinajstić information content (AvgIpc) is 2.53. The van der Waals surface area contributed by atoms with Crippen LogP contribution < -0.4 is 0 Å². The van der Waals surface area contributed by atoms with Crippen molar-refractivity contribution in [3.8, 4) is 16.9 Å². The van der Waals surface area contributed by atoms with E-state index in [2.05, 4.69) is 48.5 Å². The molecule has 0 bridgehead atoms. The van der Waals surface area contributed by atoms with Crippen molar-refractivity contribution in [3.63, 3.8) is 0 Å². The van der Waals surface area contributed by atoms with Crippen LogP contribution in [0.5, 0.6) is 5.75 Å². The van der Waals surface area contributed by atoms with E-state index in [1.54, 1.807) is 12.1 Å². The van der Waals surface area contributed by atoms with E-state index in [0.29, 0.717) is 5.75 Å². The number of hydrogen-bond donors (Lipinski definition) is 1. The fraction of sp³-hybridized carbons (Fsp3) is 0.0526. The zero-order chi connectivity index (χ0) is 14.2. The average molecular weight is 262 g/mol. The lowest BCUT2D eigenvalue weighted by molar-refractivity contribution is 0.475.